The number of rotatable bonds is 2. The first kappa shape index (κ1) is 15.0. The average Bonchev–Trinajstić information content (AvgIpc) is 2.47. The number of nitriles is 2. The van der Waals surface area contributed by atoms with Crippen molar-refractivity contribution in [2.24, 2.45) is 0 Å². The molecule has 0 unspecified atom stereocenters. The zero-order chi connectivity index (χ0) is 15.4. The van der Waals surface area contributed by atoms with Crippen molar-refractivity contribution in [3.63, 3.8) is 0 Å². The van der Waals surface area contributed by atoms with E-state index in [4.69, 9.17) is 0 Å². The molecule has 0 atom stereocenters. The van der Waals surface area contributed by atoms with Crippen molar-refractivity contribution in [3.05, 3.63) is 69.2 Å². The summed E-state index contributed by atoms with van der Waals surface area (Å²) in [6.45, 7) is 3.97. The quantitative estimate of drug-likeness (QED) is 0.570. The maximum atomic E-state index is 9.51. The maximum absolute atomic E-state index is 9.51. The molecule has 21 heavy (non-hydrogen) atoms. The van der Waals surface area contributed by atoms with Gasteiger partial charge in [0.25, 0.3) is 0 Å². The minimum Gasteiger partial charge on any atom is -0.192 e. The van der Waals surface area contributed by atoms with E-state index < -0.39 is 0 Å². The average molecular weight is 337 g/mol. The molecule has 2 aromatic carbocycles. The first-order valence-electron chi connectivity index (χ1n) is 6.45. The fraction of sp³-hybridized carbons (Fsp3) is 0.111. The molecule has 0 aliphatic carbocycles. The SMILES string of the molecule is Cc1ccc(C(C#N)=C(C#N)c2ccc(C)cc2Br)cc1. The Morgan fingerprint density at radius 1 is 0.857 bits per heavy atom. The molecule has 0 radical (unpaired) electrons. The van der Waals surface area contributed by atoms with Gasteiger partial charge in [0, 0.05) is 10.0 Å². The molecule has 0 saturated heterocycles. The predicted octanol–water partition coefficient (Wildman–Crippen LogP) is 5.02. The third-order valence-corrected chi connectivity index (χ3v) is 3.86. The molecule has 0 bridgehead atoms. The Hall–Kier alpha value is -2.36. The largest absolute Gasteiger partial charge is 0.192 e. The Labute approximate surface area is 133 Å². The van der Waals surface area contributed by atoms with E-state index in [1.165, 1.54) is 0 Å². The summed E-state index contributed by atoms with van der Waals surface area (Å²) < 4.78 is 0.818. The molecule has 2 nitrogen and oxygen atoms in total. The van der Waals surface area contributed by atoms with E-state index in [-0.39, 0.29) is 0 Å². The van der Waals surface area contributed by atoms with Crippen LogP contribution in [-0.2, 0) is 0 Å². The number of hydrogen-bond donors (Lipinski definition) is 0. The second-order valence-electron chi connectivity index (χ2n) is 4.82. The molecular weight excluding hydrogens is 324 g/mol. The summed E-state index contributed by atoms with van der Waals surface area (Å²) in [5, 5.41) is 19.0. The van der Waals surface area contributed by atoms with E-state index in [9.17, 15) is 10.5 Å². The van der Waals surface area contributed by atoms with Gasteiger partial charge < -0.3 is 0 Å². The van der Waals surface area contributed by atoms with Gasteiger partial charge in [-0.25, -0.2) is 0 Å². The Balaban J connectivity index is 2.68. The maximum Gasteiger partial charge on any atom is 0.101 e. The van der Waals surface area contributed by atoms with Crippen LogP contribution in [0.15, 0.2) is 46.9 Å². The molecule has 0 N–H and O–H groups in total. The number of nitrogens with zero attached hydrogens (tertiary/aromatic N) is 2. The van der Waals surface area contributed by atoms with Gasteiger partial charge in [-0.2, -0.15) is 10.5 Å². The van der Waals surface area contributed by atoms with Gasteiger partial charge in [0.2, 0.25) is 0 Å². The molecule has 0 aromatic heterocycles. The number of hydrogen-bond acceptors (Lipinski definition) is 2. The minimum atomic E-state index is 0.383. The van der Waals surface area contributed by atoms with Crippen LogP contribution in [-0.4, -0.2) is 0 Å². The number of allylic oxidation sites excluding steroid dienone is 2. The van der Waals surface area contributed by atoms with Crippen LogP contribution in [0.2, 0.25) is 0 Å². The van der Waals surface area contributed by atoms with Crippen molar-refractivity contribution in [2.75, 3.05) is 0 Å². The number of aryl methyl sites for hydroxylation is 2. The first-order chi connectivity index (χ1) is 10.1. The molecule has 0 fully saturated rings. The summed E-state index contributed by atoms with van der Waals surface area (Å²) in [6.07, 6.45) is 0. The topological polar surface area (TPSA) is 47.6 Å². The van der Waals surface area contributed by atoms with E-state index in [1.807, 2.05) is 56.3 Å². The fourth-order valence-corrected chi connectivity index (χ4v) is 2.75. The van der Waals surface area contributed by atoms with E-state index in [0.29, 0.717) is 11.1 Å². The second kappa shape index (κ2) is 6.39. The van der Waals surface area contributed by atoms with Crippen LogP contribution in [0, 0.1) is 36.5 Å². The monoisotopic (exact) mass is 336 g/mol. The van der Waals surface area contributed by atoms with Crippen LogP contribution in [0.3, 0.4) is 0 Å². The van der Waals surface area contributed by atoms with Gasteiger partial charge in [0.15, 0.2) is 0 Å². The van der Waals surface area contributed by atoms with E-state index in [2.05, 4.69) is 28.1 Å². The molecule has 0 amide bonds. The lowest BCUT2D eigenvalue weighted by Crippen LogP contribution is -1.91. The van der Waals surface area contributed by atoms with Gasteiger partial charge in [-0.15, -0.1) is 0 Å². The van der Waals surface area contributed by atoms with E-state index in [1.54, 1.807) is 0 Å². The summed E-state index contributed by atoms with van der Waals surface area (Å²) >= 11 is 3.48. The van der Waals surface area contributed by atoms with Gasteiger partial charge in [-0.1, -0.05) is 57.9 Å². The smallest absolute Gasteiger partial charge is 0.101 e. The van der Waals surface area contributed by atoms with Crippen LogP contribution in [0.25, 0.3) is 11.1 Å². The Bertz CT molecular complexity index is 787. The van der Waals surface area contributed by atoms with Crippen molar-refractivity contribution < 1.29 is 0 Å². The Kier molecular flexibility index (Phi) is 4.58. The van der Waals surface area contributed by atoms with Crippen molar-refractivity contribution in [1.82, 2.24) is 0 Å². The van der Waals surface area contributed by atoms with Gasteiger partial charge in [-0.3, -0.25) is 0 Å². The van der Waals surface area contributed by atoms with Gasteiger partial charge in [-0.05, 0) is 31.0 Å². The number of benzene rings is 2. The second-order valence-corrected chi connectivity index (χ2v) is 5.68. The highest BCUT2D eigenvalue weighted by molar-refractivity contribution is 9.10. The first-order valence-corrected chi connectivity index (χ1v) is 7.24. The van der Waals surface area contributed by atoms with Crippen LogP contribution in [0.5, 0.6) is 0 Å². The fourth-order valence-electron chi connectivity index (χ4n) is 2.06. The molecule has 0 heterocycles. The predicted molar refractivity (Wildman–Crippen MR) is 88.1 cm³/mol. The van der Waals surface area contributed by atoms with Gasteiger partial charge >= 0.3 is 0 Å². The van der Waals surface area contributed by atoms with Crippen molar-refractivity contribution in [3.8, 4) is 12.1 Å². The molecule has 2 rings (SSSR count). The van der Waals surface area contributed by atoms with Crippen LogP contribution in [0.1, 0.15) is 22.3 Å². The zero-order valence-corrected chi connectivity index (χ0v) is 13.4. The zero-order valence-electron chi connectivity index (χ0n) is 11.8. The lowest BCUT2D eigenvalue weighted by Gasteiger charge is -2.08. The third kappa shape index (κ3) is 3.21. The molecule has 0 saturated carbocycles. The summed E-state index contributed by atoms with van der Waals surface area (Å²) in [4.78, 5) is 0. The lowest BCUT2D eigenvalue weighted by atomic mass is 9.95. The van der Waals surface area contributed by atoms with Crippen LogP contribution in [0.4, 0.5) is 0 Å². The van der Waals surface area contributed by atoms with Gasteiger partial charge in [0.1, 0.15) is 12.1 Å². The highest BCUT2D eigenvalue weighted by atomic mass is 79.9. The molecule has 2 aromatic rings. The van der Waals surface area contributed by atoms with Gasteiger partial charge in [0.05, 0.1) is 11.1 Å². The summed E-state index contributed by atoms with van der Waals surface area (Å²) in [7, 11) is 0. The molecule has 0 spiro atoms. The Morgan fingerprint density at radius 3 is 1.95 bits per heavy atom. The van der Waals surface area contributed by atoms with E-state index >= 15 is 0 Å². The van der Waals surface area contributed by atoms with Crippen molar-refractivity contribution in [1.29, 1.82) is 10.5 Å². The lowest BCUT2D eigenvalue weighted by molar-refractivity contribution is 1.42. The Morgan fingerprint density at radius 2 is 1.43 bits per heavy atom. The minimum absolute atomic E-state index is 0.383. The molecule has 0 aliphatic heterocycles. The molecule has 102 valence electrons. The summed E-state index contributed by atoms with van der Waals surface area (Å²) in [5.74, 6) is 0. The standard InChI is InChI=1S/C18H13BrN2/c1-12-3-6-14(7-4-12)16(10-20)17(11-21)15-8-5-13(2)9-18(15)19/h3-9H,1-2H3. The number of halogens is 1. The summed E-state index contributed by atoms with van der Waals surface area (Å²) in [5.41, 5.74) is 4.48. The van der Waals surface area contributed by atoms with Crippen LogP contribution < -0.4 is 0 Å². The summed E-state index contributed by atoms with van der Waals surface area (Å²) in [6, 6.07) is 17.7. The highest BCUT2D eigenvalue weighted by Gasteiger charge is 2.14. The van der Waals surface area contributed by atoms with Crippen LogP contribution >= 0.6 is 15.9 Å². The third-order valence-electron chi connectivity index (χ3n) is 3.21. The normalized spacial score (nSPS) is 11.3. The van der Waals surface area contributed by atoms with E-state index in [0.717, 1.165) is 26.7 Å². The molecule has 3 heteroatoms. The van der Waals surface area contributed by atoms with Crippen molar-refractivity contribution in [2.45, 2.75) is 13.8 Å². The molecular formula is C18H13BrN2. The highest BCUT2D eigenvalue weighted by Crippen LogP contribution is 2.31. The molecule has 0 aliphatic rings. The van der Waals surface area contributed by atoms with Crippen molar-refractivity contribution >= 4 is 27.1 Å².